The highest BCUT2D eigenvalue weighted by Crippen LogP contribution is 2.61. The quantitative estimate of drug-likeness (QED) is 0.394. The van der Waals surface area contributed by atoms with Crippen molar-refractivity contribution < 1.29 is 9.59 Å². The first-order valence-electron chi connectivity index (χ1n) is 10.1. The van der Waals surface area contributed by atoms with Crippen LogP contribution in [-0.2, 0) is 15.0 Å². The fraction of sp³-hybridized carbons (Fsp3) is 0.200. The second-order valence-electron chi connectivity index (χ2n) is 8.25. The molecule has 0 unspecified atom stereocenters. The number of fused-ring (bicyclic) bond motifs is 2. The van der Waals surface area contributed by atoms with Crippen LogP contribution in [0, 0.1) is 0 Å². The second kappa shape index (κ2) is 8.07. The molecule has 2 atom stereocenters. The average molecular weight is 505 g/mol. The van der Waals surface area contributed by atoms with E-state index < -0.39 is 17.3 Å². The second-order valence-corrected chi connectivity index (χ2v) is 9.94. The first-order valence-corrected chi connectivity index (χ1v) is 11.7. The highest BCUT2D eigenvalue weighted by atomic mass is 35.5. The molecule has 3 aromatic rings. The number of para-hydroxylation sites is 1. The van der Waals surface area contributed by atoms with E-state index in [1.165, 1.54) is 0 Å². The molecule has 7 heteroatoms. The van der Waals surface area contributed by atoms with E-state index in [0.717, 1.165) is 11.3 Å². The molecule has 1 fully saturated rings. The fourth-order valence-corrected chi connectivity index (χ4v) is 6.46. The molecule has 0 radical (unpaired) electrons. The molecular formula is C25H17Cl4NO2. The van der Waals surface area contributed by atoms with Gasteiger partial charge in [-0.25, -0.2) is 0 Å². The zero-order valence-electron chi connectivity index (χ0n) is 16.7. The molecule has 1 spiro atoms. The lowest BCUT2D eigenvalue weighted by molar-refractivity contribution is -0.128. The van der Waals surface area contributed by atoms with Crippen molar-refractivity contribution in [3.8, 4) is 0 Å². The van der Waals surface area contributed by atoms with E-state index in [0.29, 0.717) is 31.2 Å². The summed E-state index contributed by atoms with van der Waals surface area (Å²) in [6, 6.07) is 18.0. The van der Waals surface area contributed by atoms with Gasteiger partial charge in [-0.15, -0.1) is 0 Å². The Hall–Kier alpha value is -2.04. The number of halogens is 4. The van der Waals surface area contributed by atoms with Crippen molar-refractivity contribution in [3.05, 3.63) is 97.4 Å². The molecule has 1 saturated carbocycles. The van der Waals surface area contributed by atoms with E-state index in [1.807, 2.05) is 36.4 Å². The zero-order valence-corrected chi connectivity index (χ0v) is 19.7. The van der Waals surface area contributed by atoms with Crippen molar-refractivity contribution in [1.82, 2.24) is 0 Å². The third-order valence-electron chi connectivity index (χ3n) is 6.64. The third-order valence-corrected chi connectivity index (χ3v) is 7.76. The number of hydrogen-bond donors (Lipinski definition) is 1. The van der Waals surface area contributed by atoms with Crippen molar-refractivity contribution in [3.63, 3.8) is 0 Å². The van der Waals surface area contributed by atoms with Crippen molar-refractivity contribution in [2.45, 2.75) is 30.1 Å². The predicted octanol–water partition coefficient (Wildman–Crippen LogP) is 7.42. The van der Waals surface area contributed by atoms with Gasteiger partial charge in [0.15, 0.2) is 0 Å². The minimum Gasteiger partial charge on any atom is -0.325 e. The van der Waals surface area contributed by atoms with E-state index in [9.17, 15) is 9.59 Å². The summed E-state index contributed by atoms with van der Waals surface area (Å²) < 4.78 is 0. The lowest BCUT2D eigenvalue weighted by Gasteiger charge is -2.46. The summed E-state index contributed by atoms with van der Waals surface area (Å²) in [7, 11) is 0. The molecule has 1 aliphatic heterocycles. The zero-order chi connectivity index (χ0) is 22.6. The average Bonchev–Trinajstić information content (AvgIpc) is 3.03. The summed E-state index contributed by atoms with van der Waals surface area (Å²) in [6.07, 6.45) is 0.371. The Morgan fingerprint density at radius 2 is 1.28 bits per heavy atom. The Labute approximate surface area is 205 Å². The van der Waals surface area contributed by atoms with Crippen LogP contribution in [0.1, 0.15) is 41.4 Å². The number of amides is 1. The summed E-state index contributed by atoms with van der Waals surface area (Å²) >= 11 is 25.5. The van der Waals surface area contributed by atoms with Crippen LogP contribution in [-0.4, -0.2) is 11.7 Å². The number of ketones is 1. The Kier molecular flexibility index (Phi) is 5.50. The molecule has 0 aromatic heterocycles. The van der Waals surface area contributed by atoms with Gasteiger partial charge in [-0.1, -0.05) is 76.7 Å². The first-order chi connectivity index (χ1) is 15.3. The van der Waals surface area contributed by atoms with Gasteiger partial charge in [0.25, 0.3) is 0 Å². The van der Waals surface area contributed by atoms with Gasteiger partial charge >= 0.3 is 0 Å². The van der Waals surface area contributed by atoms with E-state index in [2.05, 4.69) is 5.32 Å². The summed E-state index contributed by atoms with van der Waals surface area (Å²) in [5.74, 6) is -1.11. The molecule has 2 aliphatic rings. The van der Waals surface area contributed by atoms with E-state index >= 15 is 0 Å². The predicted molar refractivity (Wildman–Crippen MR) is 129 cm³/mol. The number of anilines is 1. The first kappa shape index (κ1) is 21.8. The van der Waals surface area contributed by atoms with Crippen LogP contribution >= 0.6 is 46.4 Å². The van der Waals surface area contributed by atoms with Gasteiger partial charge in [0.05, 0.1) is 5.41 Å². The standard InChI is InChI=1S/C25H17Cl4NO2/c26-13-5-7-16(21(28)9-13)19-11-15(31)12-20(17-8-6-14(27)10-22(17)29)25(19)18-3-1-2-4-23(18)30-24(25)32/h1-10,19-20H,11-12H2,(H,30,32)/t19-,20-/m0/s1. The Morgan fingerprint density at radius 1 is 0.750 bits per heavy atom. The van der Waals surface area contributed by atoms with Gasteiger partial charge in [0.1, 0.15) is 5.78 Å². The Morgan fingerprint density at radius 3 is 1.81 bits per heavy atom. The Bertz CT molecular complexity index is 1210. The SMILES string of the molecule is O=C1C[C@@H](c2ccc(Cl)cc2Cl)C2(C(=O)Nc3ccccc32)[C@H](c2ccc(Cl)cc2Cl)C1. The minimum atomic E-state index is -1.07. The van der Waals surface area contributed by atoms with E-state index in [-0.39, 0.29) is 24.5 Å². The molecule has 5 rings (SSSR count). The number of nitrogens with one attached hydrogen (secondary N) is 1. The van der Waals surface area contributed by atoms with Crippen LogP contribution in [0.4, 0.5) is 5.69 Å². The lowest BCUT2D eigenvalue weighted by atomic mass is 9.54. The molecule has 1 N–H and O–H groups in total. The van der Waals surface area contributed by atoms with Crippen LogP contribution in [0.15, 0.2) is 60.7 Å². The summed E-state index contributed by atoms with van der Waals surface area (Å²) in [5.41, 5.74) is 1.93. The molecule has 1 heterocycles. The lowest BCUT2D eigenvalue weighted by Crippen LogP contribution is -2.50. The molecular weight excluding hydrogens is 488 g/mol. The molecule has 3 aromatic carbocycles. The van der Waals surface area contributed by atoms with Crippen molar-refractivity contribution in [2.24, 2.45) is 0 Å². The normalized spacial score (nSPS) is 21.5. The Balaban J connectivity index is 1.82. The summed E-state index contributed by atoms with van der Waals surface area (Å²) in [5, 5.41) is 4.88. The number of rotatable bonds is 2. The number of carbonyl (C=O) groups is 2. The number of carbonyl (C=O) groups excluding carboxylic acids is 2. The smallest absolute Gasteiger partial charge is 0.236 e. The van der Waals surface area contributed by atoms with Crippen LogP contribution in [0.5, 0.6) is 0 Å². The fourth-order valence-electron chi connectivity index (χ4n) is 5.37. The van der Waals surface area contributed by atoms with Crippen LogP contribution in [0.25, 0.3) is 0 Å². The van der Waals surface area contributed by atoms with Crippen LogP contribution in [0.2, 0.25) is 20.1 Å². The maximum Gasteiger partial charge on any atom is 0.236 e. The van der Waals surface area contributed by atoms with Gasteiger partial charge in [-0.05, 0) is 47.0 Å². The van der Waals surface area contributed by atoms with E-state index in [1.54, 1.807) is 24.3 Å². The number of hydrogen-bond acceptors (Lipinski definition) is 2. The highest BCUT2D eigenvalue weighted by Gasteiger charge is 2.61. The van der Waals surface area contributed by atoms with Gasteiger partial charge in [0, 0.05) is 50.5 Å². The van der Waals surface area contributed by atoms with Crippen LogP contribution in [0.3, 0.4) is 0 Å². The van der Waals surface area contributed by atoms with Crippen LogP contribution < -0.4 is 5.32 Å². The maximum atomic E-state index is 13.9. The van der Waals surface area contributed by atoms with Gasteiger partial charge in [-0.2, -0.15) is 0 Å². The molecule has 32 heavy (non-hydrogen) atoms. The molecule has 1 aliphatic carbocycles. The van der Waals surface area contributed by atoms with E-state index in [4.69, 9.17) is 46.4 Å². The van der Waals surface area contributed by atoms with Crippen molar-refractivity contribution in [2.75, 3.05) is 5.32 Å². The minimum absolute atomic E-state index is 0.0415. The van der Waals surface area contributed by atoms with Crippen molar-refractivity contribution in [1.29, 1.82) is 0 Å². The molecule has 0 bridgehead atoms. The number of Topliss-reactive ketones (excluding diaryl/α,β-unsaturated/α-hetero) is 1. The third kappa shape index (κ3) is 3.26. The molecule has 3 nitrogen and oxygen atoms in total. The van der Waals surface area contributed by atoms with Gasteiger partial charge < -0.3 is 5.32 Å². The van der Waals surface area contributed by atoms with Gasteiger partial charge in [-0.3, -0.25) is 9.59 Å². The highest BCUT2D eigenvalue weighted by molar-refractivity contribution is 6.36. The monoisotopic (exact) mass is 503 g/mol. The topological polar surface area (TPSA) is 46.2 Å². The summed E-state index contributed by atoms with van der Waals surface area (Å²) in [6.45, 7) is 0. The summed E-state index contributed by atoms with van der Waals surface area (Å²) in [4.78, 5) is 27.0. The maximum absolute atomic E-state index is 13.9. The molecule has 1 amide bonds. The van der Waals surface area contributed by atoms with Crippen molar-refractivity contribution >= 4 is 63.8 Å². The largest absolute Gasteiger partial charge is 0.325 e. The van der Waals surface area contributed by atoms with Gasteiger partial charge in [0.2, 0.25) is 5.91 Å². The molecule has 162 valence electrons. The number of benzene rings is 3. The molecule has 0 saturated heterocycles.